The summed E-state index contributed by atoms with van der Waals surface area (Å²) in [5, 5.41) is 8.19. The molecule has 0 amide bonds. The molecule has 13 heavy (non-hydrogen) atoms. The number of rotatable bonds is 7. The van der Waals surface area contributed by atoms with Crippen molar-refractivity contribution in [3.63, 3.8) is 0 Å². The summed E-state index contributed by atoms with van der Waals surface area (Å²) in [6, 6.07) is 1.99. The second kappa shape index (κ2) is 7.03. The third-order valence-electron chi connectivity index (χ3n) is 1.25. The lowest BCUT2D eigenvalue weighted by Crippen LogP contribution is -2.30. The minimum absolute atomic E-state index is 0.432. The highest BCUT2D eigenvalue weighted by atomic mass is 28.4. The SMILES string of the molecule is C[Si](C)(O)OCCCOCCC#N. The smallest absolute Gasteiger partial charge is 0.329 e. The van der Waals surface area contributed by atoms with Crippen molar-refractivity contribution in [2.75, 3.05) is 19.8 Å². The van der Waals surface area contributed by atoms with Crippen molar-refractivity contribution in [1.29, 1.82) is 5.26 Å². The summed E-state index contributed by atoms with van der Waals surface area (Å²) < 4.78 is 10.3. The first-order valence-corrected chi connectivity index (χ1v) is 7.23. The van der Waals surface area contributed by atoms with E-state index in [1.165, 1.54) is 0 Å². The molecule has 0 rings (SSSR count). The van der Waals surface area contributed by atoms with Crippen LogP contribution in [0.5, 0.6) is 0 Å². The van der Waals surface area contributed by atoms with E-state index in [1.807, 2.05) is 6.07 Å². The maximum absolute atomic E-state index is 9.29. The highest BCUT2D eigenvalue weighted by Crippen LogP contribution is 1.98. The van der Waals surface area contributed by atoms with Gasteiger partial charge in [0.15, 0.2) is 0 Å². The summed E-state index contributed by atoms with van der Waals surface area (Å²) in [4.78, 5) is 9.29. The van der Waals surface area contributed by atoms with E-state index in [1.54, 1.807) is 13.1 Å². The van der Waals surface area contributed by atoms with E-state index in [0.717, 1.165) is 6.42 Å². The largest absolute Gasteiger partial charge is 0.411 e. The van der Waals surface area contributed by atoms with Gasteiger partial charge in [0.25, 0.3) is 0 Å². The van der Waals surface area contributed by atoms with Crippen LogP contribution in [0.25, 0.3) is 0 Å². The lowest BCUT2D eigenvalue weighted by Gasteiger charge is -2.14. The van der Waals surface area contributed by atoms with Crippen LogP contribution in [-0.4, -0.2) is 33.2 Å². The molecule has 4 nitrogen and oxygen atoms in total. The van der Waals surface area contributed by atoms with Crippen LogP contribution in [0.4, 0.5) is 0 Å². The van der Waals surface area contributed by atoms with Crippen molar-refractivity contribution in [3.8, 4) is 6.07 Å². The van der Waals surface area contributed by atoms with Crippen LogP contribution in [-0.2, 0) is 9.16 Å². The van der Waals surface area contributed by atoms with Crippen LogP contribution in [0.15, 0.2) is 0 Å². The topological polar surface area (TPSA) is 62.5 Å². The summed E-state index contributed by atoms with van der Waals surface area (Å²) in [5.41, 5.74) is 0. The van der Waals surface area contributed by atoms with E-state index >= 15 is 0 Å². The molecular formula is C8H17NO3Si. The second-order valence-corrected chi connectivity index (χ2v) is 6.35. The lowest BCUT2D eigenvalue weighted by molar-refractivity contribution is 0.118. The number of hydrogen-bond acceptors (Lipinski definition) is 4. The van der Waals surface area contributed by atoms with Gasteiger partial charge in [-0.25, -0.2) is 0 Å². The predicted octanol–water partition coefficient (Wildman–Crippen LogP) is 1.02. The van der Waals surface area contributed by atoms with Crippen LogP contribution in [0.2, 0.25) is 13.1 Å². The highest BCUT2D eigenvalue weighted by molar-refractivity contribution is 6.63. The molecule has 0 heterocycles. The molecule has 5 heteroatoms. The Kier molecular flexibility index (Phi) is 6.81. The zero-order valence-electron chi connectivity index (χ0n) is 8.25. The van der Waals surface area contributed by atoms with Gasteiger partial charge in [0, 0.05) is 13.2 Å². The second-order valence-electron chi connectivity index (χ2n) is 3.17. The molecule has 0 aliphatic heterocycles. The highest BCUT2D eigenvalue weighted by Gasteiger charge is 2.17. The third kappa shape index (κ3) is 11.6. The number of hydrogen-bond donors (Lipinski definition) is 1. The Balaban J connectivity index is 3.05. The van der Waals surface area contributed by atoms with Gasteiger partial charge in [0.2, 0.25) is 0 Å². The Hall–Kier alpha value is -0.413. The van der Waals surface area contributed by atoms with E-state index in [0.29, 0.717) is 26.2 Å². The first-order valence-electron chi connectivity index (χ1n) is 4.37. The van der Waals surface area contributed by atoms with Gasteiger partial charge >= 0.3 is 8.56 Å². The van der Waals surface area contributed by atoms with Crippen molar-refractivity contribution in [2.45, 2.75) is 25.9 Å². The average molecular weight is 203 g/mol. The van der Waals surface area contributed by atoms with E-state index in [4.69, 9.17) is 14.4 Å². The Morgan fingerprint density at radius 2 is 2.00 bits per heavy atom. The summed E-state index contributed by atoms with van der Waals surface area (Å²) >= 11 is 0. The molecule has 0 aromatic carbocycles. The molecule has 0 bridgehead atoms. The number of nitrogens with zero attached hydrogens (tertiary/aromatic N) is 1. The standard InChI is InChI=1S/C8H17NO3Si/c1-13(2,10)12-8-4-7-11-6-3-5-9/h10H,3-4,6-8H2,1-2H3. The van der Waals surface area contributed by atoms with E-state index in [9.17, 15) is 4.80 Å². The summed E-state index contributed by atoms with van der Waals surface area (Å²) in [6.07, 6.45) is 1.20. The number of nitriles is 1. The van der Waals surface area contributed by atoms with E-state index in [2.05, 4.69) is 0 Å². The molecule has 0 spiro atoms. The Labute approximate surface area is 80.3 Å². The molecular weight excluding hydrogens is 186 g/mol. The lowest BCUT2D eigenvalue weighted by atomic mass is 10.5. The van der Waals surface area contributed by atoms with Crippen LogP contribution >= 0.6 is 0 Å². The van der Waals surface area contributed by atoms with Crippen molar-refractivity contribution in [3.05, 3.63) is 0 Å². The molecule has 0 saturated heterocycles. The zero-order chi connectivity index (χ0) is 10.2. The first kappa shape index (κ1) is 12.6. The predicted molar refractivity (Wildman–Crippen MR) is 51.3 cm³/mol. The minimum Gasteiger partial charge on any atom is -0.411 e. The van der Waals surface area contributed by atoms with Gasteiger partial charge in [-0.3, -0.25) is 0 Å². The molecule has 0 saturated carbocycles. The van der Waals surface area contributed by atoms with Crippen LogP contribution in [0.1, 0.15) is 12.8 Å². The quantitative estimate of drug-likeness (QED) is 0.495. The van der Waals surface area contributed by atoms with Gasteiger partial charge < -0.3 is 14.0 Å². The fourth-order valence-electron chi connectivity index (χ4n) is 0.703. The van der Waals surface area contributed by atoms with Crippen molar-refractivity contribution in [2.24, 2.45) is 0 Å². The molecule has 0 atom stereocenters. The molecule has 0 aliphatic rings. The summed E-state index contributed by atoms with van der Waals surface area (Å²) in [5.74, 6) is 0. The monoisotopic (exact) mass is 203 g/mol. The zero-order valence-corrected chi connectivity index (χ0v) is 9.25. The fourth-order valence-corrected chi connectivity index (χ4v) is 1.35. The first-order chi connectivity index (χ1) is 6.06. The van der Waals surface area contributed by atoms with Crippen molar-refractivity contribution >= 4 is 8.56 Å². The molecule has 0 aromatic rings. The van der Waals surface area contributed by atoms with E-state index < -0.39 is 8.56 Å². The maximum Gasteiger partial charge on any atom is 0.329 e. The fraction of sp³-hybridized carbons (Fsp3) is 0.875. The molecule has 76 valence electrons. The van der Waals surface area contributed by atoms with Gasteiger partial charge in [0.1, 0.15) is 0 Å². The molecule has 0 unspecified atom stereocenters. The molecule has 0 aromatic heterocycles. The van der Waals surface area contributed by atoms with E-state index in [-0.39, 0.29) is 0 Å². The Morgan fingerprint density at radius 3 is 2.54 bits per heavy atom. The maximum atomic E-state index is 9.29. The van der Waals surface area contributed by atoms with Crippen molar-refractivity contribution < 1.29 is 14.0 Å². The van der Waals surface area contributed by atoms with Gasteiger partial charge in [-0.1, -0.05) is 0 Å². The average Bonchev–Trinajstić information content (AvgIpc) is 2.01. The number of ether oxygens (including phenoxy) is 1. The van der Waals surface area contributed by atoms with Crippen LogP contribution in [0, 0.1) is 11.3 Å². The third-order valence-corrected chi connectivity index (χ3v) is 2.16. The summed E-state index contributed by atoms with van der Waals surface area (Å²) in [7, 11) is -2.34. The van der Waals surface area contributed by atoms with Gasteiger partial charge in [-0.15, -0.1) is 0 Å². The van der Waals surface area contributed by atoms with Crippen molar-refractivity contribution in [1.82, 2.24) is 0 Å². The molecule has 0 radical (unpaired) electrons. The Bertz CT molecular complexity index is 162. The van der Waals surface area contributed by atoms with Crippen LogP contribution < -0.4 is 0 Å². The van der Waals surface area contributed by atoms with Gasteiger partial charge in [0.05, 0.1) is 19.1 Å². The summed E-state index contributed by atoms with van der Waals surface area (Å²) in [6.45, 7) is 5.05. The van der Waals surface area contributed by atoms with Crippen LogP contribution in [0.3, 0.4) is 0 Å². The normalized spacial score (nSPS) is 11.2. The minimum atomic E-state index is -2.34. The molecule has 1 N–H and O–H groups in total. The molecule has 0 fully saturated rings. The van der Waals surface area contributed by atoms with Gasteiger partial charge in [-0.2, -0.15) is 5.26 Å². The molecule has 0 aliphatic carbocycles. The Morgan fingerprint density at radius 1 is 1.31 bits per heavy atom. The van der Waals surface area contributed by atoms with Gasteiger partial charge in [-0.05, 0) is 19.5 Å².